The molecule has 1 saturated carbocycles. The summed E-state index contributed by atoms with van der Waals surface area (Å²) in [7, 11) is -4.72. The van der Waals surface area contributed by atoms with Gasteiger partial charge >= 0.3 is 173 Å². The molecular weight excluding hydrogens is 407 g/mol. The number of hydrogen-bond acceptors (Lipinski definition) is 4. The minimum absolute atomic E-state index is 0.683. The number of hydrogen-bond donors (Lipinski definition) is 0. The standard InChI is InChI=1S/C23H22ClO4P/c25-24(26,27)28-29(19-20-11-10-12-20,21-13-4-1-5-14-21,22-15-6-2-7-16-22)23-17-8-3-9-18-23/h1-9,13-19H,10-12H2. The van der Waals surface area contributed by atoms with E-state index < -0.39 is 17.1 Å². The zero-order valence-corrected chi connectivity index (χ0v) is 17.5. The van der Waals surface area contributed by atoms with Gasteiger partial charge in [-0.05, 0) is 0 Å². The van der Waals surface area contributed by atoms with Gasteiger partial charge in [-0.15, -0.1) is 0 Å². The topological polar surface area (TPSA) is 78.4 Å². The van der Waals surface area contributed by atoms with Crippen molar-refractivity contribution in [3.63, 3.8) is 0 Å². The first-order chi connectivity index (χ1) is 13.9. The Morgan fingerprint density at radius 2 is 1.03 bits per heavy atom. The Bertz CT molecular complexity index is 896. The molecule has 0 N–H and O–H groups in total. The Hall–Kier alpha value is -2.04. The normalized spacial score (nSPS) is 15.8. The quantitative estimate of drug-likeness (QED) is 0.556. The van der Waals surface area contributed by atoms with E-state index in [1.54, 1.807) is 0 Å². The van der Waals surface area contributed by atoms with Gasteiger partial charge < -0.3 is 0 Å². The van der Waals surface area contributed by atoms with Crippen LogP contribution in [0, 0.1) is 10.2 Å². The molecule has 1 aliphatic carbocycles. The molecule has 6 heteroatoms. The van der Waals surface area contributed by atoms with Crippen LogP contribution in [0.3, 0.4) is 0 Å². The van der Waals surface area contributed by atoms with Gasteiger partial charge in [0.15, 0.2) is 0 Å². The molecule has 0 aromatic heterocycles. The Morgan fingerprint density at radius 3 is 1.31 bits per heavy atom. The van der Waals surface area contributed by atoms with Crippen molar-refractivity contribution >= 4 is 22.7 Å². The molecule has 3 aromatic rings. The van der Waals surface area contributed by atoms with E-state index in [9.17, 15) is 14.0 Å². The molecular formula is C23H22ClO4P. The molecule has 0 spiro atoms. The number of halogens is 1. The maximum atomic E-state index is 12.3. The maximum absolute atomic E-state index is 12.3. The van der Waals surface area contributed by atoms with Crippen LogP contribution in [0.5, 0.6) is 0 Å². The summed E-state index contributed by atoms with van der Waals surface area (Å²) in [6.45, 7) is -4.24. The van der Waals surface area contributed by atoms with E-state index in [2.05, 4.69) is 0 Å². The molecule has 0 heterocycles. The Balaban J connectivity index is 2.21. The van der Waals surface area contributed by atoms with Crippen molar-refractivity contribution in [2.75, 3.05) is 0 Å². The fourth-order valence-corrected chi connectivity index (χ4v) is 11.1. The van der Waals surface area contributed by atoms with Crippen LogP contribution in [0.2, 0.25) is 0 Å². The van der Waals surface area contributed by atoms with Gasteiger partial charge in [-0.25, -0.2) is 0 Å². The Kier molecular flexibility index (Phi) is 5.34. The molecule has 0 saturated heterocycles. The summed E-state index contributed by atoms with van der Waals surface area (Å²) in [6.07, 6.45) is 2.77. The first-order valence-electron chi connectivity index (χ1n) is 9.46. The molecule has 4 rings (SSSR count). The van der Waals surface area contributed by atoms with E-state index in [4.69, 9.17) is 4.08 Å². The minimum atomic E-state index is -4.72. The molecule has 0 amide bonds. The molecule has 0 unspecified atom stereocenters. The van der Waals surface area contributed by atoms with Crippen molar-refractivity contribution in [1.82, 2.24) is 0 Å². The van der Waals surface area contributed by atoms with Crippen LogP contribution in [0.1, 0.15) is 19.3 Å². The number of benzene rings is 3. The van der Waals surface area contributed by atoms with Gasteiger partial charge in [-0.1, -0.05) is 0 Å². The molecule has 29 heavy (non-hydrogen) atoms. The van der Waals surface area contributed by atoms with Crippen LogP contribution >= 0.6 is 6.83 Å². The summed E-state index contributed by atoms with van der Waals surface area (Å²) in [5, 5.41) is 2.05. The van der Waals surface area contributed by atoms with E-state index >= 15 is 0 Å². The monoisotopic (exact) mass is 428 g/mol. The third kappa shape index (κ3) is 3.53. The zero-order chi connectivity index (χ0) is 20.4. The van der Waals surface area contributed by atoms with Crippen LogP contribution in [0.25, 0.3) is 0 Å². The van der Waals surface area contributed by atoms with Gasteiger partial charge in [0.2, 0.25) is 0 Å². The predicted molar refractivity (Wildman–Crippen MR) is 108 cm³/mol. The van der Waals surface area contributed by atoms with Crippen LogP contribution in [0.15, 0.2) is 102 Å². The van der Waals surface area contributed by atoms with Gasteiger partial charge in [0.1, 0.15) is 0 Å². The third-order valence-electron chi connectivity index (χ3n) is 5.46. The van der Waals surface area contributed by atoms with Crippen molar-refractivity contribution in [3.8, 4) is 0 Å². The third-order valence-corrected chi connectivity index (χ3v) is 12.1. The Labute approximate surface area is 172 Å². The second-order valence-corrected chi connectivity index (χ2v) is 12.5. The zero-order valence-electron chi connectivity index (χ0n) is 15.8. The SMILES string of the molecule is [O-][Cl+3]([O-])([O-])OP(C=C1CCC1)(c1ccccc1)(c1ccccc1)c1ccccc1. The molecule has 4 nitrogen and oxygen atoms in total. The molecule has 1 fully saturated rings. The molecule has 0 bridgehead atoms. The predicted octanol–water partition coefficient (Wildman–Crippen LogP) is 1.41. The molecule has 0 aliphatic heterocycles. The van der Waals surface area contributed by atoms with Gasteiger partial charge in [-0.3, -0.25) is 0 Å². The molecule has 150 valence electrons. The van der Waals surface area contributed by atoms with E-state index in [0.29, 0.717) is 15.9 Å². The average Bonchev–Trinajstić information content (AvgIpc) is 2.71. The molecule has 0 atom stereocenters. The number of rotatable bonds is 6. The summed E-state index contributed by atoms with van der Waals surface area (Å²) in [5.74, 6) is 1.97. The van der Waals surface area contributed by atoms with E-state index in [1.165, 1.54) is 0 Å². The van der Waals surface area contributed by atoms with Gasteiger partial charge in [0.05, 0.1) is 0 Å². The van der Waals surface area contributed by atoms with E-state index in [0.717, 1.165) is 24.8 Å². The van der Waals surface area contributed by atoms with Crippen molar-refractivity contribution < 1.29 is 28.3 Å². The second kappa shape index (κ2) is 7.66. The molecule has 1 aliphatic rings. The second-order valence-electron chi connectivity index (χ2n) is 7.20. The first-order valence-corrected chi connectivity index (χ1v) is 12.9. The Morgan fingerprint density at radius 1 is 0.655 bits per heavy atom. The van der Waals surface area contributed by atoms with Crippen LogP contribution < -0.4 is 29.9 Å². The van der Waals surface area contributed by atoms with Crippen molar-refractivity contribution in [2.45, 2.75) is 19.3 Å². The summed E-state index contributed by atoms with van der Waals surface area (Å²) < 4.78 is 42.6. The summed E-state index contributed by atoms with van der Waals surface area (Å²) >= 11 is 0. The van der Waals surface area contributed by atoms with Crippen molar-refractivity contribution in [3.05, 3.63) is 102 Å². The number of allylic oxidation sites excluding steroid dienone is 1. The van der Waals surface area contributed by atoms with E-state index in [1.807, 2.05) is 96.8 Å². The fourth-order valence-electron chi connectivity index (χ4n) is 4.02. The summed E-state index contributed by atoms with van der Waals surface area (Å²) in [6, 6.07) is 27.8. The molecule has 3 aromatic carbocycles. The van der Waals surface area contributed by atoms with Crippen LogP contribution in [-0.4, -0.2) is 0 Å². The van der Waals surface area contributed by atoms with Crippen molar-refractivity contribution in [2.24, 2.45) is 0 Å². The van der Waals surface area contributed by atoms with Gasteiger partial charge in [0, 0.05) is 0 Å². The van der Waals surface area contributed by atoms with E-state index in [-0.39, 0.29) is 0 Å². The summed E-state index contributed by atoms with van der Waals surface area (Å²) in [4.78, 5) is 0. The van der Waals surface area contributed by atoms with Crippen molar-refractivity contribution in [1.29, 1.82) is 0 Å². The van der Waals surface area contributed by atoms with Crippen LogP contribution in [-0.2, 0) is 4.08 Å². The van der Waals surface area contributed by atoms with Gasteiger partial charge in [0.25, 0.3) is 0 Å². The summed E-state index contributed by atoms with van der Waals surface area (Å²) in [5.41, 5.74) is 1.11. The first kappa shape index (κ1) is 20.2. The average molecular weight is 429 g/mol. The molecule has 0 radical (unpaired) electrons. The van der Waals surface area contributed by atoms with Crippen LogP contribution in [0.4, 0.5) is 0 Å². The van der Waals surface area contributed by atoms with Gasteiger partial charge in [-0.2, -0.15) is 0 Å². The fraction of sp³-hybridized carbons (Fsp3) is 0.130.